The summed E-state index contributed by atoms with van der Waals surface area (Å²) >= 11 is 0. The zero-order chi connectivity index (χ0) is 14.9. The van der Waals surface area contributed by atoms with Crippen molar-refractivity contribution < 1.29 is 19.3 Å². The van der Waals surface area contributed by atoms with Crippen molar-refractivity contribution in [1.29, 1.82) is 0 Å². The molecule has 10 nitrogen and oxygen atoms in total. The molecule has 1 aromatic rings. The van der Waals surface area contributed by atoms with Gasteiger partial charge in [-0.25, -0.2) is 9.18 Å². The van der Waals surface area contributed by atoms with Gasteiger partial charge in [-0.05, 0) is 5.53 Å². The SMILES string of the molecule is [N-]=[N+]=N[C@]1(CO)OC(n2ccc(=O)[nH]c2=O)C(O)C1F. The van der Waals surface area contributed by atoms with Gasteiger partial charge in [-0.15, -0.1) is 0 Å². The third-order valence-corrected chi connectivity index (χ3v) is 2.91. The van der Waals surface area contributed by atoms with E-state index in [9.17, 15) is 19.1 Å². The molecule has 1 aliphatic heterocycles. The van der Waals surface area contributed by atoms with Crippen molar-refractivity contribution in [3.8, 4) is 0 Å². The van der Waals surface area contributed by atoms with Crippen LogP contribution in [0.2, 0.25) is 0 Å². The Morgan fingerprint density at radius 1 is 1.65 bits per heavy atom. The lowest BCUT2D eigenvalue weighted by Gasteiger charge is -2.22. The molecule has 3 unspecified atom stereocenters. The lowest BCUT2D eigenvalue weighted by atomic mass is 10.1. The molecule has 2 heterocycles. The van der Waals surface area contributed by atoms with Gasteiger partial charge in [0.25, 0.3) is 5.56 Å². The van der Waals surface area contributed by atoms with E-state index >= 15 is 0 Å². The van der Waals surface area contributed by atoms with E-state index in [0.29, 0.717) is 0 Å². The number of H-pyrrole nitrogens is 1. The van der Waals surface area contributed by atoms with E-state index in [1.807, 2.05) is 4.98 Å². The van der Waals surface area contributed by atoms with Crippen molar-refractivity contribution >= 4 is 0 Å². The quantitative estimate of drug-likeness (QED) is 0.360. The predicted molar refractivity (Wildman–Crippen MR) is 61.3 cm³/mol. The van der Waals surface area contributed by atoms with E-state index in [1.165, 1.54) is 0 Å². The van der Waals surface area contributed by atoms with Crippen LogP contribution in [0.4, 0.5) is 4.39 Å². The summed E-state index contributed by atoms with van der Waals surface area (Å²) in [5.41, 5.74) is 4.43. The van der Waals surface area contributed by atoms with Gasteiger partial charge >= 0.3 is 5.69 Å². The first-order valence-electron chi connectivity index (χ1n) is 5.44. The molecular formula is C9H10FN5O5. The number of hydrogen-bond acceptors (Lipinski definition) is 6. The van der Waals surface area contributed by atoms with Crippen LogP contribution in [-0.4, -0.2) is 44.4 Å². The highest BCUT2D eigenvalue weighted by atomic mass is 19.1. The number of alkyl halides is 1. The number of halogens is 1. The lowest BCUT2D eigenvalue weighted by molar-refractivity contribution is -0.116. The summed E-state index contributed by atoms with van der Waals surface area (Å²) in [4.78, 5) is 26.8. The third-order valence-electron chi connectivity index (χ3n) is 2.91. The van der Waals surface area contributed by atoms with E-state index < -0.39 is 42.1 Å². The summed E-state index contributed by atoms with van der Waals surface area (Å²) in [5.74, 6) is 0. The molecule has 1 saturated heterocycles. The molecule has 3 N–H and O–H groups in total. The molecule has 0 bridgehead atoms. The van der Waals surface area contributed by atoms with Crippen LogP contribution < -0.4 is 11.2 Å². The fourth-order valence-electron chi connectivity index (χ4n) is 1.91. The fourth-order valence-corrected chi connectivity index (χ4v) is 1.91. The van der Waals surface area contributed by atoms with Crippen LogP contribution >= 0.6 is 0 Å². The van der Waals surface area contributed by atoms with Gasteiger partial charge in [0.1, 0.15) is 6.10 Å². The Bertz CT molecular complexity index is 667. The smallest absolute Gasteiger partial charge is 0.330 e. The number of ether oxygens (including phenoxy) is 1. The van der Waals surface area contributed by atoms with Crippen molar-refractivity contribution in [3.63, 3.8) is 0 Å². The normalized spacial score (nSPS) is 32.9. The maximum Gasteiger partial charge on any atom is 0.330 e. The summed E-state index contributed by atoms with van der Waals surface area (Å²) in [5, 5.41) is 21.9. The molecule has 4 atom stereocenters. The molecule has 1 aromatic heterocycles. The second-order valence-electron chi connectivity index (χ2n) is 4.11. The van der Waals surface area contributed by atoms with Crippen molar-refractivity contribution in [2.24, 2.45) is 5.11 Å². The third kappa shape index (κ3) is 2.08. The highest BCUT2D eigenvalue weighted by molar-refractivity contribution is 5.01. The van der Waals surface area contributed by atoms with E-state index in [-0.39, 0.29) is 0 Å². The number of aliphatic hydroxyl groups excluding tert-OH is 2. The highest BCUT2D eigenvalue weighted by Gasteiger charge is 2.56. The van der Waals surface area contributed by atoms with Crippen LogP contribution in [0.3, 0.4) is 0 Å². The first-order valence-corrected chi connectivity index (χ1v) is 5.44. The minimum atomic E-state index is -2.32. The number of rotatable bonds is 3. The van der Waals surface area contributed by atoms with Gasteiger partial charge in [0.2, 0.25) is 5.72 Å². The van der Waals surface area contributed by atoms with E-state index in [1.54, 1.807) is 0 Å². The number of hydrogen-bond donors (Lipinski definition) is 3. The second kappa shape index (κ2) is 5.06. The highest BCUT2D eigenvalue weighted by Crippen LogP contribution is 2.39. The van der Waals surface area contributed by atoms with Gasteiger partial charge in [-0.1, -0.05) is 5.11 Å². The maximum absolute atomic E-state index is 14.0. The average Bonchev–Trinajstić information content (AvgIpc) is 2.65. The van der Waals surface area contributed by atoms with Crippen molar-refractivity contribution in [3.05, 3.63) is 43.5 Å². The number of aromatic amines is 1. The first-order chi connectivity index (χ1) is 9.45. The monoisotopic (exact) mass is 287 g/mol. The van der Waals surface area contributed by atoms with E-state index in [2.05, 4.69) is 10.0 Å². The Hall–Kier alpha value is -2.20. The number of azide groups is 1. The standard InChI is InChI=1S/C9H10FN5O5/c10-6-5(18)7(20-9(6,3-16)13-14-11)15-2-1-4(17)12-8(15)19/h1-2,5-7,16,18H,3H2,(H,12,17,19)/t5?,6?,7?,9-/m1/s1. The summed E-state index contributed by atoms with van der Waals surface area (Å²) in [7, 11) is 0. The van der Waals surface area contributed by atoms with Crippen LogP contribution in [0.5, 0.6) is 0 Å². The fraction of sp³-hybridized carbons (Fsp3) is 0.556. The van der Waals surface area contributed by atoms with Crippen molar-refractivity contribution in [2.75, 3.05) is 6.61 Å². The molecule has 0 saturated carbocycles. The summed E-state index contributed by atoms with van der Waals surface area (Å²) in [6, 6.07) is 0.969. The molecule has 1 fully saturated rings. The average molecular weight is 287 g/mol. The number of aromatic nitrogens is 2. The van der Waals surface area contributed by atoms with Crippen LogP contribution in [0, 0.1) is 0 Å². The van der Waals surface area contributed by atoms with Crippen molar-refractivity contribution in [1.82, 2.24) is 9.55 Å². The minimum Gasteiger partial charge on any atom is -0.393 e. The van der Waals surface area contributed by atoms with Gasteiger partial charge in [-0.2, -0.15) is 0 Å². The maximum atomic E-state index is 14.0. The molecule has 1 aliphatic rings. The molecule has 0 aliphatic carbocycles. The van der Waals surface area contributed by atoms with E-state index in [0.717, 1.165) is 16.8 Å². The van der Waals surface area contributed by atoms with Gasteiger partial charge in [0.15, 0.2) is 12.4 Å². The molecule has 20 heavy (non-hydrogen) atoms. The number of aliphatic hydroxyl groups is 2. The first kappa shape index (κ1) is 14.2. The van der Waals surface area contributed by atoms with Crippen LogP contribution in [-0.2, 0) is 4.74 Å². The van der Waals surface area contributed by atoms with Crippen LogP contribution in [0.15, 0.2) is 27.0 Å². The van der Waals surface area contributed by atoms with Gasteiger partial charge in [0, 0.05) is 17.2 Å². The Balaban J connectivity index is 2.47. The van der Waals surface area contributed by atoms with Gasteiger partial charge in [-0.3, -0.25) is 14.3 Å². The lowest BCUT2D eigenvalue weighted by Crippen LogP contribution is -2.41. The zero-order valence-electron chi connectivity index (χ0n) is 9.88. The number of nitrogens with one attached hydrogen (secondary N) is 1. The molecule has 2 rings (SSSR count). The molecule has 11 heteroatoms. The van der Waals surface area contributed by atoms with Gasteiger partial charge < -0.3 is 14.9 Å². The van der Waals surface area contributed by atoms with Crippen molar-refractivity contribution in [2.45, 2.75) is 24.2 Å². The Labute approximate surface area is 109 Å². The Morgan fingerprint density at radius 3 is 2.90 bits per heavy atom. The zero-order valence-corrected chi connectivity index (χ0v) is 9.88. The topological polar surface area (TPSA) is 153 Å². The summed E-state index contributed by atoms with van der Waals surface area (Å²) in [6.45, 7) is -1.02. The molecule has 0 aromatic carbocycles. The minimum absolute atomic E-state index is 0.681. The van der Waals surface area contributed by atoms with Gasteiger partial charge in [0.05, 0.1) is 6.61 Å². The molecular weight excluding hydrogens is 277 g/mol. The van der Waals surface area contributed by atoms with E-state index in [4.69, 9.17) is 15.4 Å². The Kier molecular flexibility index (Phi) is 3.59. The predicted octanol–water partition coefficient (Wildman–Crippen LogP) is -1.24. The molecule has 108 valence electrons. The van der Waals surface area contributed by atoms with Crippen LogP contribution in [0.25, 0.3) is 10.4 Å². The Morgan fingerprint density at radius 2 is 2.35 bits per heavy atom. The number of nitrogens with zero attached hydrogens (tertiary/aromatic N) is 4. The second-order valence-corrected chi connectivity index (χ2v) is 4.11. The summed E-state index contributed by atoms with van der Waals surface area (Å²) in [6.07, 6.45) is -4.67. The molecule has 0 amide bonds. The molecule has 0 spiro atoms. The van der Waals surface area contributed by atoms with Crippen LogP contribution in [0.1, 0.15) is 6.23 Å². The molecule has 0 radical (unpaired) electrons. The largest absolute Gasteiger partial charge is 0.393 e. The summed E-state index contributed by atoms with van der Waals surface area (Å²) < 4.78 is 19.7.